The Balaban J connectivity index is 1.71. The van der Waals surface area contributed by atoms with Crippen molar-refractivity contribution in [2.24, 2.45) is 5.92 Å². The average Bonchev–Trinajstić information content (AvgIpc) is 3.60. The van der Waals surface area contributed by atoms with Gasteiger partial charge in [-0.3, -0.25) is 14.4 Å². The summed E-state index contributed by atoms with van der Waals surface area (Å²) >= 11 is 0. The molecule has 0 unspecified atom stereocenters. The highest BCUT2D eigenvalue weighted by atomic mass is 16.5. The van der Waals surface area contributed by atoms with Crippen molar-refractivity contribution in [2.45, 2.75) is 82.6 Å². The molecule has 40 heavy (non-hydrogen) atoms. The van der Waals surface area contributed by atoms with Gasteiger partial charge in [-0.1, -0.05) is 12.8 Å². The SMILES string of the molecule is COc1cc(C=O)cc2c1O[C@@H]1[C@@H](O)[C@H](N(CCCOC(C)C)C(=O)CC3CCCC3)C=C(C(=O)NCCO)[C@H]21. The highest BCUT2D eigenvalue weighted by molar-refractivity contribution is 5.96. The number of aliphatic hydroxyl groups excluding tert-OH is 2. The Labute approximate surface area is 235 Å². The first-order chi connectivity index (χ1) is 19.3. The van der Waals surface area contributed by atoms with Crippen molar-refractivity contribution in [3.05, 3.63) is 34.9 Å². The molecule has 2 aliphatic carbocycles. The predicted octanol–water partition coefficient (Wildman–Crippen LogP) is 2.35. The molecule has 2 amide bonds. The van der Waals surface area contributed by atoms with Crippen molar-refractivity contribution in [1.82, 2.24) is 10.2 Å². The number of rotatable bonds is 13. The van der Waals surface area contributed by atoms with Crippen LogP contribution in [0.1, 0.15) is 74.2 Å². The third-order valence-corrected chi connectivity index (χ3v) is 8.02. The van der Waals surface area contributed by atoms with Gasteiger partial charge < -0.3 is 34.6 Å². The zero-order valence-electron chi connectivity index (χ0n) is 23.6. The molecule has 0 radical (unpaired) electrons. The molecule has 1 fully saturated rings. The number of hydrogen-bond donors (Lipinski definition) is 3. The Kier molecular flexibility index (Phi) is 10.2. The van der Waals surface area contributed by atoms with Gasteiger partial charge in [-0.2, -0.15) is 0 Å². The van der Waals surface area contributed by atoms with Crippen molar-refractivity contribution in [3.8, 4) is 11.5 Å². The van der Waals surface area contributed by atoms with Gasteiger partial charge in [-0.25, -0.2) is 0 Å². The van der Waals surface area contributed by atoms with Crippen LogP contribution in [0.2, 0.25) is 0 Å². The molecule has 1 heterocycles. The van der Waals surface area contributed by atoms with Crippen LogP contribution in [-0.2, 0) is 14.3 Å². The first kappa shape index (κ1) is 30.0. The maximum atomic E-state index is 13.7. The minimum Gasteiger partial charge on any atom is -0.493 e. The van der Waals surface area contributed by atoms with Crippen LogP contribution in [0.4, 0.5) is 0 Å². The summed E-state index contributed by atoms with van der Waals surface area (Å²) in [6, 6.07) is 2.38. The van der Waals surface area contributed by atoms with Crippen LogP contribution < -0.4 is 14.8 Å². The molecule has 0 spiro atoms. The van der Waals surface area contributed by atoms with Gasteiger partial charge >= 0.3 is 0 Å². The molecule has 1 aromatic rings. The van der Waals surface area contributed by atoms with Crippen molar-refractivity contribution in [2.75, 3.05) is 33.4 Å². The van der Waals surface area contributed by atoms with Gasteiger partial charge in [-0.05, 0) is 57.2 Å². The summed E-state index contributed by atoms with van der Waals surface area (Å²) < 4.78 is 17.4. The summed E-state index contributed by atoms with van der Waals surface area (Å²) in [7, 11) is 1.46. The number of benzene rings is 1. The lowest BCUT2D eigenvalue weighted by molar-refractivity contribution is -0.138. The van der Waals surface area contributed by atoms with E-state index >= 15 is 0 Å². The van der Waals surface area contributed by atoms with Crippen LogP contribution in [0, 0.1) is 5.92 Å². The van der Waals surface area contributed by atoms with Gasteiger partial charge in [0.2, 0.25) is 11.8 Å². The lowest BCUT2D eigenvalue weighted by Crippen LogP contribution is -2.56. The second-order valence-corrected chi connectivity index (χ2v) is 11.1. The maximum absolute atomic E-state index is 13.7. The largest absolute Gasteiger partial charge is 0.493 e. The fourth-order valence-electron chi connectivity index (χ4n) is 6.13. The molecule has 1 aliphatic heterocycles. The standard InChI is InChI=1S/C30H42N2O8/c1-18(2)39-12-6-10-32(25(35)15-19-7-4-5-8-19)23-16-22(30(37)31-9-11-33)26-21-13-20(17-34)14-24(38-3)28(21)40-29(26)27(23)36/h13-14,16-19,23,26-27,29,33,36H,4-12,15H2,1-3H3,(H,31,37)/t23-,26+,27+,29+/m1/s1. The summed E-state index contributed by atoms with van der Waals surface area (Å²) in [6.45, 7) is 4.52. The smallest absolute Gasteiger partial charge is 0.247 e. The van der Waals surface area contributed by atoms with E-state index in [1.54, 1.807) is 23.1 Å². The van der Waals surface area contributed by atoms with Gasteiger partial charge in [0.25, 0.3) is 0 Å². The predicted molar refractivity (Wildman–Crippen MR) is 148 cm³/mol. The van der Waals surface area contributed by atoms with E-state index in [4.69, 9.17) is 14.2 Å². The Bertz CT molecular complexity index is 1100. The summed E-state index contributed by atoms with van der Waals surface area (Å²) in [6.07, 6.45) is 5.59. The molecule has 4 atom stereocenters. The van der Waals surface area contributed by atoms with E-state index in [1.807, 2.05) is 13.8 Å². The normalized spacial score (nSPS) is 23.7. The van der Waals surface area contributed by atoms with E-state index in [1.165, 1.54) is 7.11 Å². The van der Waals surface area contributed by atoms with Crippen LogP contribution in [0.25, 0.3) is 0 Å². The maximum Gasteiger partial charge on any atom is 0.247 e. The second-order valence-electron chi connectivity index (χ2n) is 11.1. The number of nitrogens with one attached hydrogen (secondary N) is 1. The topological polar surface area (TPSA) is 135 Å². The monoisotopic (exact) mass is 558 g/mol. The quantitative estimate of drug-likeness (QED) is 0.248. The number of methoxy groups -OCH3 is 1. The molecule has 4 rings (SSSR count). The summed E-state index contributed by atoms with van der Waals surface area (Å²) in [4.78, 5) is 40.5. The molecular weight excluding hydrogens is 516 g/mol. The number of amides is 2. The van der Waals surface area contributed by atoms with E-state index in [9.17, 15) is 24.6 Å². The van der Waals surface area contributed by atoms with E-state index < -0.39 is 30.1 Å². The summed E-state index contributed by atoms with van der Waals surface area (Å²) in [5, 5.41) is 23.8. The lowest BCUT2D eigenvalue weighted by atomic mass is 9.77. The van der Waals surface area contributed by atoms with Crippen LogP contribution in [0.3, 0.4) is 0 Å². The molecule has 220 valence electrons. The Morgan fingerprint density at radius 1 is 1.25 bits per heavy atom. The summed E-state index contributed by atoms with van der Waals surface area (Å²) in [5.41, 5.74) is 1.23. The molecule has 0 saturated heterocycles. The molecule has 10 heteroatoms. The minimum absolute atomic E-state index is 0.0447. The minimum atomic E-state index is -1.14. The Morgan fingerprint density at radius 3 is 2.65 bits per heavy atom. The molecule has 10 nitrogen and oxygen atoms in total. The first-order valence-electron chi connectivity index (χ1n) is 14.3. The zero-order chi connectivity index (χ0) is 28.8. The van der Waals surface area contributed by atoms with Crippen molar-refractivity contribution in [1.29, 1.82) is 0 Å². The number of ether oxygens (including phenoxy) is 3. The number of fused-ring (bicyclic) bond motifs is 3. The van der Waals surface area contributed by atoms with E-state index in [-0.39, 0.29) is 25.2 Å². The fraction of sp³-hybridized carbons (Fsp3) is 0.633. The van der Waals surface area contributed by atoms with Crippen molar-refractivity contribution < 1.29 is 38.8 Å². The van der Waals surface area contributed by atoms with Gasteiger partial charge in [0, 0.05) is 42.8 Å². The van der Waals surface area contributed by atoms with Gasteiger partial charge in [-0.15, -0.1) is 0 Å². The van der Waals surface area contributed by atoms with Crippen LogP contribution in [0.5, 0.6) is 11.5 Å². The molecule has 0 aromatic heterocycles. The summed E-state index contributed by atoms with van der Waals surface area (Å²) in [5.74, 6) is -0.193. The Morgan fingerprint density at radius 2 is 2.00 bits per heavy atom. The van der Waals surface area contributed by atoms with E-state index in [0.717, 1.165) is 25.7 Å². The highest BCUT2D eigenvalue weighted by Gasteiger charge is 2.51. The zero-order valence-corrected chi connectivity index (χ0v) is 23.6. The fourth-order valence-corrected chi connectivity index (χ4v) is 6.13. The number of carbonyl (C=O) groups is 3. The number of aldehydes is 1. The molecule has 3 N–H and O–H groups in total. The Hall–Kier alpha value is -2.95. The van der Waals surface area contributed by atoms with Crippen molar-refractivity contribution in [3.63, 3.8) is 0 Å². The van der Waals surface area contributed by atoms with E-state index in [0.29, 0.717) is 66.4 Å². The van der Waals surface area contributed by atoms with Crippen LogP contribution in [-0.4, -0.2) is 91.0 Å². The molecule has 0 bridgehead atoms. The third kappa shape index (κ3) is 6.50. The van der Waals surface area contributed by atoms with Crippen molar-refractivity contribution >= 4 is 18.1 Å². The van der Waals surface area contributed by atoms with Gasteiger partial charge in [0.15, 0.2) is 11.5 Å². The highest BCUT2D eigenvalue weighted by Crippen LogP contribution is 2.51. The number of nitrogens with zero attached hydrogens (tertiary/aromatic N) is 1. The number of carbonyl (C=O) groups excluding carboxylic acids is 3. The number of hydrogen-bond acceptors (Lipinski definition) is 8. The molecule has 1 aromatic carbocycles. The van der Waals surface area contributed by atoms with Crippen LogP contribution in [0.15, 0.2) is 23.8 Å². The van der Waals surface area contributed by atoms with Crippen LogP contribution >= 0.6 is 0 Å². The van der Waals surface area contributed by atoms with Gasteiger partial charge in [0.1, 0.15) is 18.5 Å². The lowest BCUT2D eigenvalue weighted by Gasteiger charge is -2.41. The molecule has 1 saturated carbocycles. The second kappa shape index (κ2) is 13.6. The van der Waals surface area contributed by atoms with Gasteiger partial charge in [0.05, 0.1) is 31.8 Å². The number of aliphatic hydroxyl groups is 2. The average molecular weight is 559 g/mol. The third-order valence-electron chi connectivity index (χ3n) is 8.02. The molecule has 3 aliphatic rings. The van der Waals surface area contributed by atoms with E-state index in [2.05, 4.69) is 5.32 Å². The first-order valence-corrected chi connectivity index (χ1v) is 14.3. The molecular formula is C30H42N2O8.